The normalized spacial score (nSPS) is 12.8. The molecule has 0 aliphatic heterocycles. The number of methoxy groups -OCH3 is 1. The molecule has 0 saturated carbocycles. The molecule has 2 aromatic rings. The molecule has 1 aromatic carbocycles. The van der Waals surface area contributed by atoms with E-state index in [1.165, 1.54) is 0 Å². The number of anilines is 1. The maximum Gasteiger partial charge on any atom is 0.150 e. The second-order valence-electron chi connectivity index (χ2n) is 6.77. The number of rotatable bonds is 8. The number of para-hydroxylation sites is 1. The van der Waals surface area contributed by atoms with E-state index in [-0.39, 0.29) is 5.60 Å². The predicted octanol–water partition coefficient (Wildman–Crippen LogP) is 4.44. The predicted molar refractivity (Wildman–Crippen MR) is 105 cm³/mol. The van der Waals surface area contributed by atoms with Crippen LogP contribution in [0.25, 0.3) is 10.9 Å². The summed E-state index contributed by atoms with van der Waals surface area (Å²) in [5.41, 5.74) is 9.62. The molecule has 5 heteroatoms. The van der Waals surface area contributed by atoms with Crippen LogP contribution in [0, 0.1) is 6.92 Å². The molecule has 2 N–H and O–H groups in total. The van der Waals surface area contributed by atoms with E-state index in [4.69, 9.17) is 20.2 Å². The Morgan fingerprint density at radius 1 is 1.28 bits per heavy atom. The minimum atomic E-state index is -0.199. The number of nitrogens with two attached hydrogens (primary N) is 1. The van der Waals surface area contributed by atoms with Gasteiger partial charge in [0, 0.05) is 24.8 Å². The van der Waals surface area contributed by atoms with Crippen LogP contribution in [0.5, 0.6) is 0 Å². The Balaban J connectivity index is 2.39. The number of ether oxygens (including phenoxy) is 2. The zero-order valence-corrected chi connectivity index (χ0v) is 15.9. The average Bonchev–Trinajstić information content (AvgIpc) is 2.60. The second kappa shape index (κ2) is 8.41. The number of nitrogen functional groups attached to an aromatic ring is 1. The van der Waals surface area contributed by atoms with E-state index in [9.17, 15) is 0 Å². The largest absolute Gasteiger partial charge is 0.382 e. The Labute approximate surface area is 150 Å². The Bertz CT molecular complexity index is 754. The van der Waals surface area contributed by atoms with Crippen molar-refractivity contribution in [3.05, 3.63) is 29.8 Å². The lowest BCUT2D eigenvalue weighted by Crippen LogP contribution is -2.24. The van der Waals surface area contributed by atoms with Crippen LogP contribution >= 0.6 is 0 Å². The van der Waals surface area contributed by atoms with Gasteiger partial charge < -0.3 is 15.2 Å². The van der Waals surface area contributed by atoms with Crippen LogP contribution in [0.1, 0.15) is 39.2 Å². The first-order valence-electron chi connectivity index (χ1n) is 8.72. The molecular weight excluding hydrogens is 314 g/mol. The fraction of sp³-hybridized carbons (Fsp3) is 0.500. The lowest BCUT2D eigenvalue weighted by Gasteiger charge is -2.23. The molecular formula is C20H29N3O2. The minimum Gasteiger partial charge on any atom is -0.382 e. The summed E-state index contributed by atoms with van der Waals surface area (Å²) in [6.07, 6.45) is 1.64. The molecule has 1 aromatic heterocycles. The van der Waals surface area contributed by atoms with Crippen LogP contribution in [-0.4, -0.2) is 36.6 Å². The Kier molecular flexibility index (Phi) is 6.51. The zero-order chi connectivity index (χ0) is 18.4. The number of aromatic nitrogens is 1. The number of aliphatic imine (C=N–C) groups is 1. The highest BCUT2D eigenvalue weighted by atomic mass is 16.5. The van der Waals surface area contributed by atoms with Crippen molar-refractivity contribution in [2.75, 3.05) is 26.1 Å². The SMILES string of the molecule is CCOC/C(CCC(C)(C)OC)=N/c1c(N)nc2ccccc2c1C. The van der Waals surface area contributed by atoms with E-state index in [0.717, 1.165) is 40.7 Å². The molecule has 0 spiro atoms. The third kappa shape index (κ3) is 5.00. The number of nitrogens with zero attached hydrogens (tertiary/aromatic N) is 2. The van der Waals surface area contributed by atoms with Gasteiger partial charge >= 0.3 is 0 Å². The van der Waals surface area contributed by atoms with Crippen molar-refractivity contribution in [1.29, 1.82) is 0 Å². The van der Waals surface area contributed by atoms with E-state index in [0.29, 0.717) is 19.0 Å². The van der Waals surface area contributed by atoms with Crippen LogP contribution in [-0.2, 0) is 9.47 Å². The molecule has 5 nitrogen and oxygen atoms in total. The molecule has 0 bridgehead atoms. The summed E-state index contributed by atoms with van der Waals surface area (Å²) in [4.78, 5) is 9.33. The van der Waals surface area contributed by atoms with Crippen LogP contribution in [0.4, 0.5) is 11.5 Å². The summed E-state index contributed by atoms with van der Waals surface area (Å²) in [5.74, 6) is 0.455. The second-order valence-corrected chi connectivity index (χ2v) is 6.77. The van der Waals surface area contributed by atoms with Gasteiger partial charge in [-0.1, -0.05) is 18.2 Å². The van der Waals surface area contributed by atoms with Crippen molar-refractivity contribution in [2.24, 2.45) is 4.99 Å². The molecule has 25 heavy (non-hydrogen) atoms. The van der Waals surface area contributed by atoms with E-state index in [1.54, 1.807) is 7.11 Å². The van der Waals surface area contributed by atoms with Crippen LogP contribution < -0.4 is 5.73 Å². The van der Waals surface area contributed by atoms with Gasteiger partial charge in [0.05, 0.1) is 17.7 Å². The number of hydrogen-bond donors (Lipinski definition) is 1. The number of aryl methyl sites for hydroxylation is 1. The van der Waals surface area contributed by atoms with Crippen molar-refractivity contribution in [3.63, 3.8) is 0 Å². The van der Waals surface area contributed by atoms with Crippen molar-refractivity contribution in [3.8, 4) is 0 Å². The smallest absolute Gasteiger partial charge is 0.150 e. The number of benzene rings is 1. The average molecular weight is 343 g/mol. The van der Waals surface area contributed by atoms with E-state index in [1.807, 2.05) is 38.1 Å². The van der Waals surface area contributed by atoms with Crippen molar-refractivity contribution < 1.29 is 9.47 Å². The van der Waals surface area contributed by atoms with Crippen LogP contribution in [0.3, 0.4) is 0 Å². The summed E-state index contributed by atoms with van der Waals surface area (Å²) >= 11 is 0. The van der Waals surface area contributed by atoms with Crippen LogP contribution in [0.15, 0.2) is 29.3 Å². The molecule has 2 rings (SSSR count). The quantitative estimate of drug-likeness (QED) is 0.719. The molecule has 0 radical (unpaired) electrons. The van der Waals surface area contributed by atoms with Crippen molar-refractivity contribution in [2.45, 2.75) is 46.1 Å². The van der Waals surface area contributed by atoms with Gasteiger partial charge in [-0.15, -0.1) is 0 Å². The van der Waals surface area contributed by atoms with Gasteiger partial charge in [-0.05, 0) is 52.2 Å². The minimum absolute atomic E-state index is 0.199. The summed E-state index contributed by atoms with van der Waals surface area (Å²) < 4.78 is 11.1. The first kappa shape index (κ1) is 19.3. The standard InChI is InChI=1S/C20H29N3O2/c1-6-25-13-15(11-12-20(3,4)24-5)22-18-14(2)16-9-7-8-10-17(16)23-19(18)21/h7-10H,6,11-13H2,1-5H3,(H2,21,23)/b22-15+. The molecule has 0 saturated heterocycles. The third-order valence-electron chi connectivity index (χ3n) is 4.46. The molecule has 0 fully saturated rings. The number of hydrogen-bond acceptors (Lipinski definition) is 5. The number of fused-ring (bicyclic) bond motifs is 1. The maximum absolute atomic E-state index is 6.19. The Hall–Kier alpha value is -1.98. The molecule has 0 aliphatic rings. The van der Waals surface area contributed by atoms with Gasteiger partial charge in [0.2, 0.25) is 0 Å². The first-order chi connectivity index (χ1) is 11.9. The molecule has 0 aliphatic carbocycles. The van der Waals surface area contributed by atoms with E-state index in [2.05, 4.69) is 18.8 Å². The highest BCUT2D eigenvalue weighted by molar-refractivity contribution is 5.94. The van der Waals surface area contributed by atoms with Crippen LogP contribution in [0.2, 0.25) is 0 Å². The van der Waals surface area contributed by atoms with Gasteiger partial charge in [-0.2, -0.15) is 0 Å². The maximum atomic E-state index is 6.19. The summed E-state index contributed by atoms with van der Waals surface area (Å²) in [7, 11) is 1.73. The molecule has 0 atom stereocenters. The fourth-order valence-electron chi connectivity index (χ4n) is 2.62. The lowest BCUT2D eigenvalue weighted by molar-refractivity contribution is 0.0169. The van der Waals surface area contributed by atoms with Crippen molar-refractivity contribution in [1.82, 2.24) is 4.98 Å². The van der Waals surface area contributed by atoms with Gasteiger partial charge in [0.15, 0.2) is 0 Å². The molecule has 0 amide bonds. The van der Waals surface area contributed by atoms with Gasteiger partial charge in [0.25, 0.3) is 0 Å². The topological polar surface area (TPSA) is 69.7 Å². The molecule has 1 heterocycles. The Morgan fingerprint density at radius 2 is 2.00 bits per heavy atom. The van der Waals surface area contributed by atoms with Crippen molar-refractivity contribution >= 4 is 28.1 Å². The summed E-state index contributed by atoms with van der Waals surface area (Å²) in [5, 5.41) is 1.07. The molecule has 0 unspecified atom stereocenters. The molecule has 136 valence electrons. The number of pyridine rings is 1. The first-order valence-corrected chi connectivity index (χ1v) is 8.72. The summed E-state index contributed by atoms with van der Waals surface area (Å²) in [6, 6.07) is 7.98. The van der Waals surface area contributed by atoms with Gasteiger partial charge in [-0.3, -0.25) is 4.99 Å². The van der Waals surface area contributed by atoms with Gasteiger partial charge in [0.1, 0.15) is 11.5 Å². The van der Waals surface area contributed by atoms with Gasteiger partial charge in [-0.25, -0.2) is 4.98 Å². The highest BCUT2D eigenvalue weighted by Crippen LogP contribution is 2.31. The monoisotopic (exact) mass is 343 g/mol. The Morgan fingerprint density at radius 3 is 2.68 bits per heavy atom. The van der Waals surface area contributed by atoms with E-state index >= 15 is 0 Å². The highest BCUT2D eigenvalue weighted by Gasteiger charge is 2.18. The fourth-order valence-corrected chi connectivity index (χ4v) is 2.62. The zero-order valence-electron chi connectivity index (χ0n) is 15.9. The summed E-state index contributed by atoms with van der Waals surface area (Å²) in [6.45, 7) is 9.30. The lowest BCUT2D eigenvalue weighted by atomic mass is 10.0. The van der Waals surface area contributed by atoms with E-state index < -0.39 is 0 Å². The third-order valence-corrected chi connectivity index (χ3v) is 4.46.